The van der Waals surface area contributed by atoms with E-state index >= 15 is 0 Å². The number of hydrogen-bond acceptors (Lipinski definition) is 4. The summed E-state index contributed by atoms with van der Waals surface area (Å²) in [5.41, 5.74) is 0.213. The number of aliphatic hydroxyl groups excluding tert-OH is 1. The Labute approximate surface area is 112 Å². The molecule has 19 heavy (non-hydrogen) atoms. The highest BCUT2D eigenvalue weighted by Gasteiger charge is 2.31. The quantitative estimate of drug-likeness (QED) is 0.850. The lowest BCUT2D eigenvalue weighted by atomic mass is 9.90. The molecule has 1 saturated heterocycles. The van der Waals surface area contributed by atoms with Crippen LogP contribution in [0.25, 0.3) is 0 Å². The first-order chi connectivity index (χ1) is 9.19. The Balaban J connectivity index is 2.01. The molecule has 0 bridgehead atoms. The highest BCUT2D eigenvalue weighted by molar-refractivity contribution is 5.28. The van der Waals surface area contributed by atoms with E-state index in [9.17, 15) is 9.50 Å². The fourth-order valence-corrected chi connectivity index (χ4v) is 2.23. The van der Waals surface area contributed by atoms with Gasteiger partial charge >= 0.3 is 0 Å². The maximum absolute atomic E-state index is 13.8. The zero-order valence-electron chi connectivity index (χ0n) is 11.1. The molecule has 0 saturated carbocycles. The van der Waals surface area contributed by atoms with Gasteiger partial charge in [-0.2, -0.15) is 0 Å². The summed E-state index contributed by atoms with van der Waals surface area (Å²) in [6.45, 7) is 1.67. The second kappa shape index (κ2) is 6.32. The molecule has 1 aliphatic rings. The predicted octanol–water partition coefficient (Wildman–Crippen LogP) is 1.47. The van der Waals surface area contributed by atoms with E-state index in [1.807, 2.05) is 0 Å². The van der Waals surface area contributed by atoms with Gasteiger partial charge < -0.3 is 19.9 Å². The Bertz CT molecular complexity index is 419. The number of hydrogen-bond donors (Lipinski definition) is 2. The van der Waals surface area contributed by atoms with Crippen molar-refractivity contribution in [2.45, 2.75) is 24.9 Å². The van der Waals surface area contributed by atoms with Gasteiger partial charge in [-0.25, -0.2) is 4.39 Å². The van der Waals surface area contributed by atoms with Gasteiger partial charge in [-0.05, 0) is 18.9 Å². The number of halogens is 1. The second-order valence-electron chi connectivity index (χ2n) is 4.86. The van der Waals surface area contributed by atoms with E-state index in [1.54, 1.807) is 12.1 Å². The molecule has 2 N–H and O–H groups in total. The third-order valence-electron chi connectivity index (χ3n) is 3.67. The molecule has 1 aliphatic heterocycles. The van der Waals surface area contributed by atoms with E-state index in [-0.39, 0.29) is 18.0 Å². The van der Waals surface area contributed by atoms with Crippen molar-refractivity contribution in [3.63, 3.8) is 0 Å². The molecule has 5 heteroatoms. The minimum atomic E-state index is -0.357. The van der Waals surface area contributed by atoms with Gasteiger partial charge in [0.25, 0.3) is 0 Å². The Hall–Kier alpha value is -1.17. The van der Waals surface area contributed by atoms with E-state index in [0.717, 1.165) is 12.8 Å². The fourth-order valence-electron chi connectivity index (χ4n) is 2.23. The molecule has 0 atom stereocenters. The van der Waals surface area contributed by atoms with Crippen molar-refractivity contribution in [1.29, 1.82) is 0 Å². The Morgan fingerprint density at radius 3 is 2.74 bits per heavy atom. The van der Waals surface area contributed by atoms with Crippen LogP contribution in [0.1, 0.15) is 18.4 Å². The van der Waals surface area contributed by atoms with Gasteiger partial charge in [-0.3, -0.25) is 0 Å². The number of benzene rings is 1. The summed E-state index contributed by atoms with van der Waals surface area (Å²) >= 11 is 0. The summed E-state index contributed by atoms with van der Waals surface area (Å²) in [6.07, 6.45) is 1.47. The molecule has 2 rings (SSSR count). The van der Waals surface area contributed by atoms with Crippen molar-refractivity contribution in [2.75, 3.05) is 26.9 Å². The molecule has 0 aliphatic carbocycles. The van der Waals surface area contributed by atoms with Gasteiger partial charge in [-0.1, -0.05) is 6.07 Å². The molecule has 0 spiro atoms. The molecule has 1 fully saturated rings. The number of methoxy groups -OCH3 is 1. The molecule has 0 radical (unpaired) electrons. The van der Waals surface area contributed by atoms with Crippen molar-refractivity contribution in [2.24, 2.45) is 0 Å². The van der Waals surface area contributed by atoms with E-state index < -0.39 is 0 Å². The smallest absolute Gasteiger partial charge is 0.131 e. The highest BCUT2D eigenvalue weighted by atomic mass is 19.1. The van der Waals surface area contributed by atoms with Crippen molar-refractivity contribution in [3.8, 4) is 5.75 Å². The summed E-state index contributed by atoms with van der Waals surface area (Å²) in [4.78, 5) is 0. The lowest BCUT2D eigenvalue weighted by Crippen LogP contribution is -2.51. The monoisotopic (exact) mass is 269 g/mol. The molecular formula is C14H20FNO3. The zero-order chi connectivity index (χ0) is 13.7. The third-order valence-corrected chi connectivity index (χ3v) is 3.67. The first kappa shape index (κ1) is 14.2. The van der Waals surface area contributed by atoms with Crippen LogP contribution in [0.2, 0.25) is 0 Å². The maximum atomic E-state index is 13.8. The van der Waals surface area contributed by atoms with Crippen LogP contribution in [0.5, 0.6) is 5.75 Å². The SMILES string of the molecule is COc1ccc(CNC2(CO)CCOCC2)c(F)c1. The maximum Gasteiger partial charge on any atom is 0.131 e. The van der Waals surface area contributed by atoms with Gasteiger partial charge in [-0.15, -0.1) is 0 Å². The fraction of sp³-hybridized carbons (Fsp3) is 0.571. The van der Waals surface area contributed by atoms with Crippen LogP contribution in [-0.2, 0) is 11.3 Å². The first-order valence-electron chi connectivity index (χ1n) is 6.45. The van der Waals surface area contributed by atoms with E-state index in [0.29, 0.717) is 31.1 Å². The largest absolute Gasteiger partial charge is 0.497 e. The van der Waals surface area contributed by atoms with Crippen LogP contribution in [0.15, 0.2) is 18.2 Å². The van der Waals surface area contributed by atoms with Crippen LogP contribution < -0.4 is 10.1 Å². The van der Waals surface area contributed by atoms with Gasteiger partial charge in [0.2, 0.25) is 0 Å². The number of ether oxygens (including phenoxy) is 2. The van der Waals surface area contributed by atoms with Crippen LogP contribution in [-0.4, -0.2) is 37.6 Å². The number of nitrogens with one attached hydrogen (secondary N) is 1. The summed E-state index contributed by atoms with van der Waals surface area (Å²) in [6, 6.07) is 4.80. The van der Waals surface area contributed by atoms with E-state index in [2.05, 4.69) is 5.32 Å². The standard InChI is InChI=1S/C14H20FNO3/c1-18-12-3-2-11(13(15)8-12)9-16-14(10-17)4-6-19-7-5-14/h2-3,8,16-17H,4-7,9-10H2,1H3. The summed E-state index contributed by atoms with van der Waals surface area (Å²) in [5, 5.41) is 12.8. The number of rotatable bonds is 5. The van der Waals surface area contributed by atoms with E-state index in [4.69, 9.17) is 9.47 Å². The predicted molar refractivity (Wildman–Crippen MR) is 69.7 cm³/mol. The van der Waals surface area contributed by atoms with Gasteiger partial charge in [0.1, 0.15) is 11.6 Å². The summed E-state index contributed by atoms with van der Waals surface area (Å²) < 4.78 is 24.1. The molecular weight excluding hydrogens is 249 g/mol. The van der Waals surface area contributed by atoms with Crippen molar-refractivity contribution < 1.29 is 19.0 Å². The lowest BCUT2D eigenvalue weighted by Gasteiger charge is -2.36. The molecule has 1 aromatic rings. The van der Waals surface area contributed by atoms with Crippen LogP contribution in [0.3, 0.4) is 0 Å². The van der Waals surface area contributed by atoms with Crippen LogP contribution >= 0.6 is 0 Å². The second-order valence-corrected chi connectivity index (χ2v) is 4.86. The summed E-state index contributed by atoms with van der Waals surface area (Å²) in [7, 11) is 1.51. The highest BCUT2D eigenvalue weighted by Crippen LogP contribution is 2.22. The Morgan fingerprint density at radius 1 is 1.42 bits per heavy atom. The molecule has 1 heterocycles. The van der Waals surface area contributed by atoms with Gasteiger partial charge in [0, 0.05) is 36.9 Å². The van der Waals surface area contributed by atoms with Crippen LogP contribution in [0, 0.1) is 5.82 Å². The summed E-state index contributed by atoms with van der Waals surface area (Å²) in [5.74, 6) is 0.205. The average molecular weight is 269 g/mol. The Kier molecular flexibility index (Phi) is 4.74. The normalized spacial score (nSPS) is 18.3. The third kappa shape index (κ3) is 3.43. The van der Waals surface area contributed by atoms with Gasteiger partial charge in [0.05, 0.1) is 13.7 Å². The Morgan fingerprint density at radius 2 is 2.16 bits per heavy atom. The van der Waals surface area contributed by atoms with Crippen molar-refractivity contribution in [3.05, 3.63) is 29.6 Å². The van der Waals surface area contributed by atoms with Crippen molar-refractivity contribution >= 4 is 0 Å². The minimum Gasteiger partial charge on any atom is -0.497 e. The molecule has 0 amide bonds. The lowest BCUT2D eigenvalue weighted by molar-refractivity contribution is 0.0110. The molecule has 0 aromatic heterocycles. The molecule has 0 unspecified atom stereocenters. The minimum absolute atomic E-state index is 0.0358. The molecule has 4 nitrogen and oxygen atoms in total. The average Bonchev–Trinajstić information content (AvgIpc) is 2.47. The topological polar surface area (TPSA) is 50.7 Å². The van der Waals surface area contributed by atoms with Crippen LogP contribution in [0.4, 0.5) is 4.39 Å². The first-order valence-corrected chi connectivity index (χ1v) is 6.45. The van der Waals surface area contributed by atoms with Crippen molar-refractivity contribution in [1.82, 2.24) is 5.32 Å². The molecule has 106 valence electrons. The number of aliphatic hydroxyl groups is 1. The van der Waals surface area contributed by atoms with Gasteiger partial charge in [0.15, 0.2) is 0 Å². The molecule has 1 aromatic carbocycles. The zero-order valence-corrected chi connectivity index (χ0v) is 11.1. The van der Waals surface area contributed by atoms with E-state index in [1.165, 1.54) is 13.2 Å².